The monoisotopic (exact) mass is 515 g/mol. The van der Waals surface area contributed by atoms with Gasteiger partial charge < -0.3 is 20.6 Å². The second kappa shape index (κ2) is 9.67. The summed E-state index contributed by atoms with van der Waals surface area (Å²) in [5.74, 6) is -1.36. The molecule has 3 N–H and O–H groups in total. The Hall–Kier alpha value is -2.06. The maximum atomic E-state index is 14.2. The third-order valence-electron chi connectivity index (χ3n) is 7.90. The largest absolute Gasteiger partial charge is 0.394 e. The molecule has 1 spiro atoms. The van der Waals surface area contributed by atoms with Crippen molar-refractivity contribution in [2.75, 3.05) is 6.61 Å². The number of aliphatic hydroxyl groups is 1. The van der Waals surface area contributed by atoms with Crippen molar-refractivity contribution in [3.05, 3.63) is 35.9 Å². The van der Waals surface area contributed by atoms with E-state index in [1.807, 2.05) is 65.0 Å². The van der Waals surface area contributed by atoms with Crippen LogP contribution in [0.25, 0.3) is 0 Å². The van der Waals surface area contributed by atoms with Gasteiger partial charge in [0, 0.05) is 16.8 Å². The van der Waals surface area contributed by atoms with Gasteiger partial charge in [-0.3, -0.25) is 14.4 Å². The number of carbonyl (C=O) groups excluding carboxylic acids is 3. The van der Waals surface area contributed by atoms with Crippen molar-refractivity contribution in [3.63, 3.8) is 0 Å². The molecule has 2 bridgehead atoms. The summed E-state index contributed by atoms with van der Waals surface area (Å²) < 4.78 is -1.10. The number of hydrogen-bond donors (Lipinski definition) is 3. The van der Waals surface area contributed by atoms with E-state index in [4.69, 9.17) is 0 Å². The summed E-state index contributed by atoms with van der Waals surface area (Å²) in [5.41, 5.74) is 0.533. The van der Waals surface area contributed by atoms with Gasteiger partial charge in [-0.2, -0.15) is 0 Å². The Kier molecular flexibility index (Phi) is 7.25. The molecule has 0 aliphatic carbocycles. The molecule has 0 saturated carbocycles. The smallest absolute Gasteiger partial charge is 0.244 e. The van der Waals surface area contributed by atoms with Crippen LogP contribution in [0.1, 0.15) is 66.4 Å². The minimum Gasteiger partial charge on any atom is -0.394 e. The maximum Gasteiger partial charge on any atom is 0.244 e. The van der Waals surface area contributed by atoms with Gasteiger partial charge in [-0.15, -0.1) is 11.8 Å². The van der Waals surface area contributed by atoms with Gasteiger partial charge >= 0.3 is 0 Å². The molecule has 0 radical (unpaired) electrons. The fourth-order valence-corrected chi connectivity index (χ4v) is 8.95. The highest BCUT2D eigenvalue weighted by atomic mass is 32.2. The Morgan fingerprint density at radius 1 is 1.17 bits per heavy atom. The normalized spacial score (nSPS) is 32.1. The molecular weight excluding hydrogens is 474 g/mol. The number of carbonyl (C=O) groups is 3. The zero-order valence-electron chi connectivity index (χ0n) is 22.3. The molecule has 3 aliphatic rings. The molecule has 3 heterocycles. The van der Waals surface area contributed by atoms with E-state index in [0.717, 1.165) is 12.0 Å². The van der Waals surface area contributed by atoms with Gasteiger partial charge in [0.05, 0.1) is 29.2 Å². The fourth-order valence-electron chi connectivity index (χ4n) is 6.61. The quantitative estimate of drug-likeness (QED) is 0.494. The third kappa shape index (κ3) is 4.67. The first-order valence-electron chi connectivity index (χ1n) is 13.1. The van der Waals surface area contributed by atoms with Crippen LogP contribution in [0.4, 0.5) is 0 Å². The number of nitrogens with zero attached hydrogens (tertiary/aromatic N) is 1. The van der Waals surface area contributed by atoms with Gasteiger partial charge in [0.15, 0.2) is 0 Å². The average molecular weight is 516 g/mol. The van der Waals surface area contributed by atoms with E-state index in [1.165, 1.54) is 0 Å². The van der Waals surface area contributed by atoms with Crippen LogP contribution in [-0.4, -0.2) is 61.5 Å². The van der Waals surface area contributed by atoms with Gasteiger partial charge in [-0.1, -0.05) is 44.2 Å². The molecule has 1 aromatic rings. The molecule has 8 heteroatoms. The van der Waals surface area contributed by atoms with Crippen molar-refractivity contribution in [1.29, 1.82) is 0 Å². The Morgan fingerprint density at radius 3 is 2.42 bits per heavy atom. The first kappa shape index (κ1) is 27.0. The molecular formula is C28H41N3O4S. The highest BCUT2D eigenvalue weighted by Gasteiger charge is 2.77. The van der Waals surface area contributed by atoms with Crippen molar-refractivity contribution in [1.82, 2.24) is 15.5 Å². The van der Waals surface area contributed by atoms with Crippen molar-refractivity contribution in [2.24, 2.45) is 17.8 Å². The van der Waals surface area contributed by atoms with Gasteiger partial charge in [-0.05, 0) is 58.4 Å². The number of likely N-dealkylation sites (tertiary alicyclic amines) is 1. The zero-order valence-corrected chi connectivity index (χ0v) is 23.2. The summed E-state index contributed by atoms with van der Waals surface area (Å²) in [6.07, 6.45) is 2.06. The number of benzene rings is 1. The first-order chi connectivity index (χ1) is 16.8. The van der Waals surface area contributed by atoms with Crippen molar-refractivity contribution in [3.8, 4) is 0 Å². The van der Waals surface area contributed by atoms with Gasteiger partial charge in [0.25, 0.3) is 0 Å². The highest BCUT2D eigenvalue weighted by molar-refractivity contribution is 8.02. The lowest BCUT2D eigenvalue weighted by Crippen LogP contribution is -2.59. The predicted molar refractivity (Wildman–Crippen MR) is 142 cm³/mol. The lowest BCUT2D eigenvalue weighted by Gasteiger charge is -2.39. The Balaban J connectivity index is 1.71. The maximum absolute atomic E-state index is 14.2. The lowest BCUT2D eigenvalue weighted by molar-refractivity contribution is -0.144. The molecule has 3 amide bonds. The topological polar surface area (TPSA) is 98.7 Å². The van der Waals surface area contributed by atoms with E-state index in [-0.39, 0.29) is 30.2 Å². The summed E-state index contributed by atoms with van der Waals surface area (Å²) in [5, 5.41) is 16.5. The number of fused-ring (bicyclic) bond motifs is 1. The molecule has 3 saturated heterocycles. The second-order valence-corrected chi connectivity index (χ2v) is 14.3. The highest BCUT2D eigenvalue weighted by Crippen LogP contribution is 2.71. The summed E-state index contributed by atoms with van der Waals surface area (Å²) in [7, 11) is 0. The van der Waals surface area contributed by atoms with Crippen LogP contribution < -0.4 is 10.6 Å². The molecule has 0 aromatic heterocycles. The minimum atomic E-state index is -0.719. The van der Waals surface area contributed by atoms with Gasteiger partial charge in [-0.25, -0.2) is 0 Å². The number of nitrogens with one attached hydrogen (secondary N) is 2. The first-order valence-corrected chi connectivity index (χ1v) is 13.9. The number of thioether (sulfide) groups is 1. The van der Waals surface area contributed by atoms with E-state index < -0.39 is 39.0 Å². The van der Waals surface area contributed by atoms with Crippen LogP contribution in [0.5, 0.6) is 0 Å². The van der Waals surface area contributed by atoms with E-state index in [2.05, 4.69) is 17.6 Å². The summed E-state index contributed by atoms with van der Waals surface area (Å²) >= 11 is 1.66. The van der Waals surface area contributed by atoms with Crippen LogP contribution in [0.2, 0.25) is 0 Å². The van der Waals surface area contributed by atoms with E-state index >= 15 is 0 Å². The molecule has 4 rings (SSSR count). The Morgan fingerprint density at radius 2 is 1.83 bits per heavy atom. The van der Waals surface area contributed by atoms with Crippen LogP contribution >= 0.6 is 11.8 Å². The molecule has 198 valence electrons. The minimum absolute atomic E-state index is 0.130. The lowest BCUT2D eigenvalue weighted by atomic mass is 9.66. The number of amides is 3. The van der Waals surface area contributed by atoms with Crippen LogP contribution in [0.15, 0.2) is 30.3 Å². The van der Waals surface area contributed by atoms with Crippen LogP contribution in [0, 0.1) is 17.8 Å². The average Bonchev–Trinajstić information content (AvgIpc) is 3.36. The Labute approximate surface area is 219 Å². The molecule has 36 heavy (non-hydrogen) atoms. The molecule has 2 unspecified atom stereocenters. The predicted octanol–water partition coefficient (Wildman–Crippen LogP) is 3.11. The van der Waals surface area contributed by atoms with Crippen molar-refractivity contribution in [2.45, 2.75) is 94.5 Å². The molecule has 1 aromatic carbocycles. The number of hydrogen-bond acceptors (Lipinski definition) is 5. The zero-order chi connectivity index (χ0) is 26.5. The molecule has 3 fully saturated rings. The fraction of sp³-hybridized carbons (Fsp3) is 0.679. The standard InChI is InChI=1S/C28H41N3O4S/c1-17(2)14-19(16-32)31-22(24(34)30-26(3,4)5)28-13-12-27(6,36-28)20(21(28)25(31)35)23(33)29-15-18-10-8-7-9-11-18/h7-11,17,19-22,32H,12-16H2,1-6H3,(H,29,33)(H,30,34)/t19-,20-,21+,22?,27+,28?/m1/s1. The number of rotatable bonds is 8. The summed E-state index contributed by atoms with van der Waals surface area (Å²) in [6, 6.07) is 8.55. The van der Waals surface area contributed by atoms with Gasteiger partial charge in [0.1, 0.15) is 6.04 Å². The summed E-state index contributed by atoms with van der Waals surface area (Å²) in [4.78, 5) is 43.4. The third-order valence-corrected chi connectivity index (χ3v) is 9.89. The van der Waals surface area contributed by atoms with Crippen molar-refractivity contribution >= 4 is 29.5 Å². The van der Waals surface area contributed by atoms with Crippen LogP contribution in [0.3, 0.4) is 0 Å². The number of aliphatic hydroxyl groups excluding tert-OH is 1. The van der Waals surface area contributed by atoms with Gasteiger partial charge in [0.2, 0.25) is 17.7 Å². The second-order valence-electron chi connectivity index (χ2n) is 12.4. The molecule has 3 aliphatic heterocycles. The van der Waals surface area contributed by atoms with Crippen LogP contribution in [-0.2, 0) is 20.9 Å². The molecule has 6 atom stereocenters. The van der Waals surface area contributed by atoms with E-state index in [0.29, 0.717) is 19.4 Å². The summed E-state index contributed by atoms with van der Waals surface area (Å²) in [6.45, 7) is 12.2. The SMILES string of the molecule is CC(C)C[C@H](CO)N1C(=O)[C@@H]2[C@H](C(=O)NCc3ccccc3)[C@]3(C)CCC2(S3)C1C(=O)NC(C)(C)C. The van der Waals surface area contributed by atoms with E-state index in [1.54, 1.807) is 16.7 Å². The van der Waals surface area contributed by atoms with Crippen molar-refractivity contribution < 1.29 is 19.5 Å². The molecule has 7 nitrogen and oxygen atoms in total. The van der Waals surface area contributed by atoms with E-state index in [9.17, 15) is 19.5 Å². The Bertz CT molecular complexity index is 1010.